The molecule has 1 unspecified atom stereocenters. The Labute approximate surface area is 68.1 Å². The maximum atomic E-state index is 10.9. The van der Waals surface area contributed by atoms with E-state index in [4.69, 9.17) is 5.73 Å². The first-order chi connectivity index (χ1) is 5.24. The van der Waals surface area contributed by atoms with Crippen molar-refractivity contribution in [1.82, 2.24) is 4.98 Å². The zero-order chi connectivity index (χ0) is 8.27. The van der Waals surface area contributed by atoms with Gasteiger partial charge in [0.05, 0.1) is 10.8 Å². The Bertz CT molecular complexity index is 258. The number of nitrogens with two attached hydrogens (primary N) is 1. The van der Waals surface area contributed by atoms with Crippen molar-refractivity contribution < 1.29 is 4.21 Å². The molecule has 0 fully saturated rings. The Morgan fingerprint density at radius 1 is 1.64 bits per heavy atom. The second kappa shape index (κ2) is 3.59. The van der Waals surface area contributed by atoms with Gasteiger partial charge >= 0.3 is 0 Å². The number of rotatable bonds is 2. The van der Waals surface area contributed by atoms with E-state index in [0.29, 0.717) is 11.6 Å². The summed E-state index contributed by atoms with van der Waals surface area (Å²) in [6.45, 7) is 0.476. The molecule has 1 aromatic rings. The molecule has 0 aliphatic heterocycles. The van der Waals surface area contributed by atoms with Crippen LogP contribution in [0.2, 0.25) is 0 Å². The molecule has 0 radical (unpaired) electrons. The third kappa shape index (κ3) is 2.10. The van der Waals surface area contributed by atoms with Crippen molar-refractivity contribution in [2.75, 3.05) is 6.26 Å². The highest BCUT2D eigenvalue weighted by atomic mass is 32.2. The fraction of sp³-hybridized carbons (Fsp3) is 0.286. The number of hydrogen-bond acceptors (Lipinski definition) is 3. The quantitative estimate of drug-likeness (QED) is 0.693. The Morgan fingerprint density at radius 2 is 2.36 bits per heavy atom. The lowest BCUT2D eigenvalue weighted by atomic mass is 10.3. The summed E-state index contributed by atoms with van der Waals surface area (Å²) in [6.07, 6.45) is 3.25. The minimum atomic E-state index is -0.991. The van der Waals surface area contributed by atoms with Crippen molar-refractivity contribution in [3.8, 4) is 0 Å². The zero-order valence-electron chi connectivity index (χ0n) is 6.28. The highest BCUT2D eigenvalue weighted by molar-refractivity contribution is 7.84. The van der Waals surface area contributed by atoms with Gasteiger partial charge < -0.3 is 5.73 Å². The van der Waals surface area contributed by atoms with Gasteiger partial charge in [0.15, 0.2) is 0 Å². The van der Waals surface area contributed by atoms with Crippen molar-refractivity contribution >= 4 is 10.8 Å². The molecule has 1 atom stereocenters. The molecule has 1 aromatic heterocycles. The van der Waals surface area contributed by atoms with Crippen LogP contribution in [0, 0.1) is 0 Å². The van der Waals surface area contributed by atoms with Crippen LogP contribution in [-0.2, 0) is 17.3 Å². The van der Waals surface area contributed by atoms with Gasteiger partial charge in [-0.2, -0.15) is 0 Å². The molecule has 0 aromatic carbocycles. The van der Waals surface area contributed by atoms with E-state index in [0.717, 1.165) is 5.56 Å². The van der Waals surface area contributed by atoms with Crippen molar-refractivity contribution in [3.05, 3.63) is 23.9 Å². The number of pyridine rings is 1. The van der Waals surface area contributed by atoms with Gasteiger partial charge in [-0.05, 0) is 11.6 Å². The summed E-state index contributed by atoms with van der Waals surface area (Å²) in [4.78, 5) is 3.97. The Morgan fingerprint density at radius 3 is 2.73 bits per heavy atom. The molecule has 1 heterocycles. The minimum absolute atomic E-state index is 0.476. The molecule has 11 heavy (non-hydrogen) atoms. The summed E-state index contributed by atoms with van der Waals surface area (Å²) in [6, 6.07) is 3.57. The van der Waals surface area contributed by atoms with Gasteiger partial charge in [0, 0.05) is 19.0 Å². The second-order valence-corrected chi connectivity index (χ2v) is 3.49. The normalized spacial score (nSPS) is 12.9. The first-order valence-corrected chi connectivity index (χ1v) is 4.78. The van der Waals surface area contributed by atoms with Gasteiger partial charge in [-0.15, -0.1) is 0 Å². The molecule has 0 aliphatic rings. The van der Waals surface area contributed by atoms with Crippen LogP contribution in [-0.4, -0.2) is 15.4 Å². The Hall–Kier alpha value is -0.740. The lowest BCUT2D eigenvalue weighted by molar-refractivity contribution is 0.684. The lowest BCUT2D eigenvalue weighted by Crippen LogP contribution is -1.98. The minimum Gasteiger partial charge on any atom is -0.326 e. The Balaban J connectivity index is 2.91. The van der Waals surface area contributed by atoms with E-state index < -0.39 is 10.8 Å². The largest absolute Gasteiger partial charge is 0.326 e. The number of nitrogens with zero attached hydrogens (tertiary/aromatic N) is 1. The summed E-state index contributed by atoms with van der Waals surface area (Å²) >= 11 is 0. The first kappa shape index (κ1) is 8.36. The van der Waals surface area contributed by atoms with Crippen molar-refractivity contribution in [2.24, 2.45) is 5.73 Å². The van der Waals surface area contributed by atoms with Crippen LogP contribution in [0.4, 0.5) is 0 Å². The third-order valence-electron chi connectivity index (χ3n) is 1.33. The summed E-state index contributed by atoms with van der Waals surface area (Å²) in [5, 5.41) is 0.599. The van der Waals surface area contributed by atoms with Crippen LogP contribution in [0.25, 0.3) is 0 Å². The summed E-state index contributed by atoms with van der Waals surface area (Å²) in [5.74, 6) is 0. The standard InChI is InChI=1S/C7H10N2OS/c1-11(10)7-3-2-6(4-8)5-9-7/h2-3,5H,4,8H2,1H3. The average molecular weight is 170 g/mol. The van der Waals surface area contributed by atoms with Crippen LogP contribution in [0.1, 0.15) is 5.56 Å². The molecular formula is C7H10N2OS. The smallest absolute Gasteiger partial charge is 0.126 e. The number of aromatic nitrogens is 1. The molecule has 0 aliphatic carbocycles. The monoisotopic (exact) mass is 170 g/mol. The molecule has 0 saturated carbocycles. The van der Waals surface area contributed by atoms with E-state index in [9.17, 15) is 4.21 Å². The van der Waals surface area contributed by atoms with Gasteiger partial charge in [0.2, 0.25) is 0 Å². The lowest BCUT2D eigenvalue weighted by Gasteiger charge is -1.96. The van der Waals surface area contributed by atoms with Gasteiger partial charge in [-0.3, -0.25) is 4.21 Å². The van der Waals surface area contributed by atoms with Crippen LogP contribution >= 0.6 is 0 Å². The Kier molecular flexibility index (Phi) is 2.73. The first-order valence-electron chi connectivity index (χ1n) is 3.22. The highest BCUT2D eigenvalue weighted by Gasteiger charge is 1.96. The molecule has 3 nitrogen and oxygen atoms in total. The SMILES string of the molecule is CS(=O)c1ccc(CN)cn1. The third-order valence-corrected chi connectivity index (χ3v) is 2.16. The fourth-order valence-electron chi connectivity index (χ4n) is 0.702. The number of hydrogen-bond donors (Lipinski definition) is 1. The topological polar surface area (TPSA) is 56.0 Å². The van der Waals surface area contributed by atoms with Crippen LogP contribution in [0.3, 0.4) is 0 Å². The average Bonchev–Trinajstić information content (AvgIpc) is 2.05. The summed E-state index contributed by atoms with van der Waals surface area (Å²) in [5.41, 5.74) is 6.32. The van der Waals surface area contributed by atoms with Gasteiger partial charge in [-0.25, -0.2) is 4.98 Å². The maximum Gasteiger partial charge on any atom is 0.126 e. The van der Waals surface area contributed by atoms with Crippen LogP contribution < -0.4 is 5.73 Å². The van der Waals surface area contributed by atoms with Crippen molar-refractivity contribution in [1.29, 1.82) is 0 Å². The summed E-state index contributed by atoms with van der Waals surface area (Å²) in [7, 11) is -0.991. The maximum absolute atomic E-state index is 10.9. The highest BCUT2D eigenvalue weighted by Crippen LogP contribution is 2.01. The van der Waals surface area contributed by atoms with Gasteiger partial charge in [0.1, 0.15) is 5.03 Å². The van der Waals surface area contributed by atoms with Crippen molar-refractivity contribution in [2.45, 2.75) is 11.6 Å². The molecule has 0 saturated heterocycles. The van der Waals surface area contributed by atoms with Crippen molar-refractivity contribution in [3.63, 3.8) is 0 Å². The molecule has 60 valence electrons. The van der Waals surface area contributed by atoms with Crippen LogP contribution in [0.15, 0.2) is 23.4 Å². The van der Waals surface area contributed by atoms with E-state index in [1.165, 1.54) is 0 Å². The van der Waals surface area contributed by atoms with Gasteiger partial charge in [0.25, 0.3) is 0 Å². The van der Waals surface area contributed by atoms with E-state index in [1.54, 1.807) is 18.5 Å². The van der Waals surface area contributed by atoms with E-state index >= 15 is 0 Å². The van der Waals surface area contributed by atoms with E-state index in [2.05, 4.69) is 4.98 Å². The molecule has 0 bridgehead atoms. The molecule has 0 amide bonds. The summed E-state index contributed by atoms with van der Waals surface area (Å²) < 4.78 is 10.9. The molecular weight excluding hydrogens is 160 g/mol. The molecule has 4 heteroatoms. The second-order valence-electron chi connectivity index (χ2n) is 2.16. The van der Waals surface area contributed by atoms with Crippen LogP contribution in [0.5, 0.6) is 0 Å². The fourth-order valence-corrected chi connectivity index (χ4v) is 1.16. The molecule has 2 N–H and O–H groups in total. The predicted molar refractivity (Wildman–Crippen MR) is 44.5 cm³/mol. The zero-order valence-corrected chi connectivity index (χ0v) is 7.10. The predicted octanol–water partition coefficient (Wildman–Crippen LogP) is 0.278. The molecule has 1 rings (SSSR count). The van der Waals surface area contributed by atoms with E-state index in [1.807, 2.05) is 6.07 Å². The molecule has 0 spiro atoms. The van der Waals surface area contributed by atoms with E-state index in [-0.39, 0.29) is 0 Å². The van der Waals surface area contributed by atoms with Gasteiger partial charge in [-0.1, -0.05) is 6.07 Å².